The van der Waals surface area contributed by atoms with E-state index in [2.05, 4.69) is 0 Å². The first-order valence-corrected chi connectivity index (χ1v) is 11.5. The van der Waals surface area contributed by atoms with Gasteiger partial charge in [-0.1, -0.05) is 30.3 Å². The standard InChI is InChI=1S/C25H33NO11/c1-14(27)33-20-19(36-23(35-16(3)29)21(20)34-15(2)28)18(22(30)32-7)26(24(31)37-25(4,5)6)13-17-11-9-8-10-12-17/h8-12,18-21,23H,13H2,1-7H3/t18-,19+,20+,21+,23+/m0/s1. The second kappa shape index (κ2) is 12.5. The van der Waals surface area contributed by atoms with Crippen molar-refractivity contribution in [3.05, 3.63) is 35.9 Å². The van der Waals surface area contributed by atoms with Gasteiger partial charge < -0.3 is 28.4 Å². The van der Waals surface area contributed by atoms with E-state index in [0.717, 1.165) is 32.8 Å². The molecule has 0 bridgehead atoms. The quantitative estimate of drug-likeness (QED) is 0.365. The van der Waals surface area contributed by atoms with Gasteiger partial charge in [-0.3, -0.25) is 19.3 Å². The summed E-state index contributed by atoms with van der Waals surface area (Å²) in [5.74, 6) is -3.30. The number of benzene rings is 1. The molecular weight excluding hydrogens is 490 g/mol. The maximum Gasteiger partial charge on any atom is 0.411 e. The summed E-state index contributed by atoms with van der Waals surface area (Å²) in [6.07, 6.45) is -6.78. The second-order valence-electron chi connectivity index (χ2n) is 9.29. The predicted octanol–water partition coefficient (Wildman–Crippen LogP) is 2.12. The molecule has 37 heavy (non-hydrogen) atoms. The maximum absolute atomic E-state index is 13.4. The summed E-state index contributed by atoms with van der Waals surface area (Å²) in [6, 6.07) is 7.17. The third-order valence-electron chi connectivity index (χ3n) is 5.01. The highest BCUT2D eigenvalue weighted by molar-refractivity contribution is 5.82. The van der Waals surface area contributed by atoms with E-state index in [-0.39, 0.29) is 6.54 Å². The Morgan fingerprint density at radius 2 is 1.43 bits per heavy atom. The zero-order valence-corrected chi connectivity index (χ0v) is 21.9. The van der Waals surface area contributed by atoms with Crippen LogP contribution in [-0.4, -0.2) is 78.2 Å². The molecule has 1 aliphatic rings. The number of ether oxygens (including phenoxy) is 6. The first-order chi connectivity index (χ1) is 17.2. The van der Waals surface area contributed by atoms with Crippen molar-refractivity contribution < 1.29 is 52.4 Å². The van der Waals surface area contributed by atoms with Gasteiger partial charge in [0.2, 0.25) is 12.4 Å². The summed E-state index contributed by atoms with van der Waals surface area (Å²) in [5, 5.41) is 0. The fourth-order valence-corrected chi connectivity index (χ4v) is 3.74. The van der Waals surface area contributed by atoms with Crippen LogP contribution in [0.5, 0.6) is 0 Å². The summed E-state index contributed by atoms with van der Waals surface area (Å²) in [5.41, 5.74) is -0.295. The molecule has 1 aromatic rings. The molecule has 12 heteroatoms. The number of amides is 1. The van der Waals surface area contributed by atoms with Crippen molar-refractivity contribution in [3.63, 3.8) is 0 Å². The fourth-order valence-electron chi connectivity index (χ4n) is 3.74. The summed E-state index contributed by atoms with van der Waals surface area (Å²) >= 11 is 0. The largest absolute Gasteiger partial charge is 0.467 e. The SMILES string of the molecule is COC(=O)[C@H]([C@H]1O[C@@H](OC(C)=O)[C@H](OC(C)=O)[C@@H]1OC(C)=O)N(Cc1ccccc1)C(=O)OC(C)(C)C. The monoisotopic (exact) mass is 523 g/mol. The molecule has 0 radical (unpaired) electrons. The molecule has 0 saturated carbocycles. The lowest BCUT2D eigenvalue weighted by Crippen LogP contribution is -2.57. The second-order valence-corrected chi connectivity index (χ2v) is 9.29. The summed E-state index contributed by atoms with van der Waals surface area (Å²) in [6.45, 7) is 8.13. The van der Waals surface area contributed by atoms with Crippen molar-refractivity contribution in [1.29, 1.82) is 0 Å². The van der Waals surface area contributed by atoms with Crippen LogP contribution in [0.3, 0.4) is 0 Å². The molecule has 0 N–H and O–H groups in total. The molecule has 0 unspecified atom stereocenters. The number of hydrogen-bond acceptors (Lipinski definition) is 11. The smallest absolute Gasteiger partial charge is 0.411 e. The molecule has 0 spiro atoms. The number of esters is 4. The van der Waals surface area contributed by atoms with Crippen LogP contribution >= 0.6 is 0 Å². The third kappa shape index (κ3) is 8.45. The average Bonchev–Trinajstić information content (AvgIpc) is 3.07. The van der Waals surface area contributed by atoms with Crippen LogP contribution in [0.4, 0.5) is 4.79 Å². The number of carbonyl (C=O) groups excluding carboxylic acids is 5. The van der Waals surface area contributed by atoms with Gasteiger partial charge in [-0.2, -0.15) is 0 Å². The van der Waals surface area contributed by atoms with E-state index < -0.39 is 66.2 Å². The van der Waals surface area contributed by atoms with Crippen molar-refractivity contribution in [2.24, 2.45) is 0 Å². The van der Waals surface area contributed by atoms with Crippen LogP contribution in [0.25, 0.3) is 0 Å². The fraction of sp³-hybridized carbons (Fsp3) is 0.560. The minimum Gasteiger partial charge on any atom is -0.467 e. The Morgan fingerprint density at radius 3 is 1.92 bits per heavy atom. The Morgan fingerprint density at radius 1 is 0.892 bits per heavy atom. The first-order valence-electron chi connectivity index (χ1n) is 11.5. The highest BCUT2D eigenvalue weighted by Gasteiger charge is 2.57. The van der Waals surface area contributed by atoms with Crippen molar-refractivity contribution in [3.8, 4) is 0 Å². The molecule has 1 heterocycles. The Bertz CT molecular complexity index is 988. The van der Waals surface area contributed by atoms with Crippen molar-refractivity contribution in [2.45, 2.75) is 84.3 Å². The van der Waals surface area contributed by atoms with Crippen LogP contribution in [0.1, 0.15) is 47.1 Å². The molecular formula is C25H33NO11. The highest BCUT2D eigenvalue weighted by atomic mass is 16.7. The molecule has 2 rings (SSSR count). The van der Waals surface area contributed by atoms with Gasteiger partial charge in [0.05, 0.1) is 13.7 Å². The molecule has 1 aromatic carbocycles. The van der Waals surface area contributed by atoms with E-state index in [1.807, 2.05) is 0 Å². The van der Waals surface area contributed by atoms with Crippen LogP contribution in [-0.2, 0) is 54.1 Å². The lowest BCUT2D eigenvalue weighted by atomic mass is 10.0. The molecule has 0 aliphatic carbocycles. The molecule has 1 saturated heterocycles. The lowest BCUT2D eigenvalue weighted by molar-refractivity contribution is -0.198. The topological polar surface area (TPSA) is 144 Å². The van der Waals surface area contributed by atoms with Gasteiger partial charge in [0.1, 0.15) is 11.7 Å². The number of rotatable bonds is 8. The van der Waals surface area contributed by atoms with E-state index in [0.29, 0.717) is 5.56 Å². The maximum atomic E-state index is 13.4. The Labute approximate surface area is 215 Å². The molecule has 12 nitrogen and oxygen atoms in total. The molecule has 1 aliphatic heterocycles. The number of nitrogens with zero attached hydrogens (tertiary/aromatic N) is 1. The van der Waals surface area contributed by atoms with Crippen molar-refractivity contribution in [2.75, 3.05) is 7.11 Å². The van der Waals surface area contributed by atoms with Gasteiger partial charge in [-0.05, 0) is 26.3 Å². The number of carbonyl (C=O) groups is 5. The van der Waals surface area contributed by atoms with Crippen LogP contribution in [0.15, 0.2) is 30.3 Å². The number of methoxy groups -OCH3 is 1. The van der Waals surface area contributed by atoms with Gasteiger partial charge in [0.15, 0.2) is 12.1 Å². The summed E-state index contributed by atoms with van der Waals surface area (Å²) in [7, 11) is 1.11. The van der Waals surface area contributed by atoms with Gasteiger partial charge in [-0.15, -0.1) is 0 Å². The zero-order valence-electron chi connectivity index (χ0n) is 21.9. The van der Waals surface area contributed by atoms with Crippen LogP contribution < -0.4 is 0 Å². The molecule has 5 atom stereocenters. The van der Waals surface area contributed by atoms with Gasteiger partial charge in [0, 0.05) is 20.8 Å². The zero-order chi connectivity index (χ0) is 27.9. The van der Waals surface area contributed by atoms with Crippen LogP contribution in [0, 0.1) is 0 Å². The first kappa shape index (κ1) is 29.6. The summed E-state index contributed by atoms with van der Waals surface area (Å²) < 4.78 is 32.2. The molecule has 204 valence electrons. The van der Waals surface area contributed by atoms with Gasteiger partial charge in [0.25, 0.3) is 0 Å². The lowest BCUT2D eigenvalue weighted by Gasteiger charge is -2.36. The van der Waals surface area contributed by atoms with E-state index in [4.69, 9.17) is 28.4 Å². The minimum absolute atomic E-state index is 0.126. The Hall–Kier alpha value is -3.67. The van der Waals surface area contributed by atoms with E-state index >= 15 is 0 Å². The van der Waals surface area contributed by atoms with Crippen molar-refractivity contribution in [1.82, 2.24) is 4.90 Å². The highest BCUT2D eigenvalue weighted by Crippen LogP contribution is 2.33. The van der Waals surface area contributed by atoms with E-state index in [9.17, 15) is 24.0 Å². The van der Waals surface area contributed by atoms with E-state index in [1.165, 1.54) is 0 Å². The summed E-state index contributed by atoms with van der Waals surface area (Å²) in [4.78, 5) is 63.2. The Kier molecular flexibility index (Phi) is 10.0. The van der Waals surface area contributed by atoms with Gasteiger partial charge >= 0.3 is 30.0 Å². The van der Waals surface area contributed by atoms with Gasteiger partial charge in [-0.25, -0.2) is 9.59 Å². The normalized spacial score (nSPS) is 21.8. The van der Waals surface area contributed by atoms with E-state index in [1.54, 1.807) is 51.1 Å². The third-order valence-corrected chi connectivity index (χ3v) is 5.01. The van der Waals surface area contributed by atoms with Crippen LogP contribution in [0.2, 0.25) is 0 Å². The minimum atomic E-state index is -1.57. The molecule has 1 fully saturated rings. The number of hydrogen-bond donors (Lipinski definition) is 0. The molecule has 1 amide bonds. The molecule has 0 aromatic heterocycles. The van der Waals surface area contributed by atoms with Crippen molar-refractivity contribution >= 4 is 30.0 Å². The average molecular weight is 524 g/mol. The predicted molar refractivity (Wildman–Crippen MR) is 126 cm³/mol. The Balaban J connectivity index is 2.63.